The van der Waals surface area contributed by atoms with Gasteiger partial charge in [-0.3, -0.25) is 0 Å². The summed E-state index contributed by atoms with van der Waals surface area (Å²) in [5.41, 5.74) is 8.52. The van der Waals surface area contributed by atoms with E-state index in [1.807, 2.05) is 13.0 Å². The van der Waals surface area contributed by atoms with Crippen LogP contribution >= 0.6 is 0 Å². The predicted molar refractivity (Wildman–Crippen MR) is 144 cm³/mol. The number of rotatable bonds is 8. The first-order valence-corrected chi connectivity index (χ1v) is 14.3. The van der Waals surface area contributed by atoms with Crippen LogP contribution in [0.15, 0.2) is 54.6 Å². The highest BCUT2D eigenvalue weighted by Gasteiger charge is 2.19. The van der Waals surface area contributed by atoms with E-state index in [0.717, 1.165) is 63.3 Å². The number of benzene rings is 3. The van der Waals surface area contributed by atoms with Crippen LogP contribution in [0.4, 0.5) is 10.1 Å². The Morgan fingerprint density at radius 1 is 1.08 bits per heavy atom. The van der Waals surface area contributed by atoms with E-state index >= 15 is 0 Å². The first-order chi connectivity index (χ1) is 17.2. The molecule has 4 aromatic rings. The summed E-state index contributed by atoms with van der Waals surface area (Å²) >= 11 is 0. The Morgan fingerprint density at radius 2 is 1.92 bits per heavy atom. The molecule has 2 heterocycles. The molecule has 0 unspecified atom stereocenters. The lowest BCUT2D eigenvalue weighted by molar-refractivity contribution is 0.357. The fraction of sp³-hybridized carbons (Fsp3) is 0.310. The molecule has 0 bridgehead atoms. The van der Waals surface area contributed by atoms with Gasteiger partial charge in [-0.1, -0.05) is 24.3 Å². The number of aromatic nitrogens is 1. The van der Waals surface area contributed by atoms with E-state index in [4.69, 9.17) is 4.74 Å². The summed E-state index contributed by atoms with van der Waals surface area (Å²) in [5.74, 6) is 0.787. The van der Waals surface area contributed by atoms with Gasteiger partial charge in [-0.15, -0.1) is 0 Å². The monoisotopic (exact) mass is 506 g/mol. The lowest BCUT2D eigenvalue weighted by Gasteiger charge is -2.15. The normalized spacial score (nSPS) is 13.1. The third-order valence-electron chi connectivity index (χ3n) is 7.08. The highest BCUT2D eigenvalue weighted by Crippen LogP contribution is 2.38. The summed E-state index contributed by atoms with van der Waals surface area (Å²) in [4.78, 5) is 0. The van der Waals surface area contributed by atoms with E-state index < -0.39 is 9.84 Å². The Labute approximate surface area is 211 Å². The van der Waals surface area contributed by atoms with Crippen molar-refractivity contribution in [3.8, 4) is 16.9 Å². The number of nitrogens with zero attached hydrogens (tertiary/aromatic N) is 1. The Bertz CT molecular complexity index is 1560. The summed E-state index contributed by atoms with van der Waals surface area (Å²) in [6.07, 6.45) is 2.72. The van der Waals surface area contributed by atoms with E-state index in [9.17, 15) is 12.8 Å². The zero-order chi connectivity index (χ0) is 25.4. The van der Waals surface area contributed by atoms with Gasteiger partial charge in [0.2, 0.25) is 0 Å². The molecule has 0 saturated carbocycles. The zero-order valence-corrected chi connectivity index (χ0v) is 21.7. The van der Waals surface area contributed by atoms with Gasteiger partial charge in [0.05, 0.1) is 12.4 Å². The predicted octanol–water partition coefficient (Wildman–Crippen LogP) is 6.05. The first kappa shape index (κ1) is 24.4. The molecule has 0 saturated heterocycles. The number of anilines is 1. The van der Waals surface area contributed by atoms with Crippen LogP contribution in [0.5, 0.6) is 5.75 Å². The van der Waals surface area contributed by atoms with Crippen LogP contribution < -0.4 is 10.1 Å². The van der Waals surface area contributed by atoms with Gasteiger partial charge in [-0.2, -0.15) is 0 Å². The van der Waals surface area contributed by atoms with E-state index in [1.165, 1.54) is 17.9 Å². The van der Waals surface area contributed by atoms with Gasteiger partial charge in [0.25, 0.3) is 0 Å². The van der Waals surface area contributed by atoms with Crippen molar-refractivity contribution in [2.45, 2.75) is 39.8 Å². The number of ether oxygens (including phenoxy) is 1. The minimum Gasteiger partial charge on any atom is -0.493 e. The highest BCUT2D eigenvalue weighted by atomic mass is 32.2. The van der Waals surface area contributed by atoms with Gasteiger partial charge >= 0.3 is 0 Å². The van der Waals surface area contributed by atoms with Crippen LogP contribution in [0, 0.1) is 19.7 Å². The van der Waals surface area contributed by atoms with Gasteiger partial charge in [0.1, 0.15) is 21.4 Å². The van der Waals surface area contributed by atoms with E-state index in [-0.39, 0.29) is 11.6 Å². The van der Waals surface area contributed by atoms with Crippen molar-refractivity contribution in [3.05, 3.63) is 82.8 Å². The maximum absolute atomic E-state index is 14.4. The summed E-state index contributed by atoms with van der Waals surface area (Å²) < 4.78 is 45.5. The van der Waals surface area contributed by atoms with Crippen molar-refractivity contribution < 1.29 is 17.5 Å². The summed E-state index contributed by atoms with van der Waals surface area (Å²) in [6, 6.07) is 17.3. The number of aryl methyl sites for hydroxylation is 1. The molecular weight excluding hydrogens is 475 g/mol. The minimum atomic E-state index is -3.05. The van der Waals surface area contributed by atoms with Crippen molar-refractivity contribution in [2.24, 2.45) is 0 Å². The van der Waals surface area contributed by atoms with Gasteiger partial charge in [0, 0.05) is 59.7 Å². The average Bonchev–Trinajstić information content (AvgIpc) is 3.40. The standard InChI is InChI=1S/C29H31FN2O3S/c1-19-22(18-31-24-10-8-21-12-14-35-28(21)17-24)6-4-7-25(19)29-20(2)32(13-5-15-36(3,33)34)27-11-9-23(30)16-26(27)29/h4,6-11,16-17,31H,5,12-15,18H2,1-3H3. The second kappa shape index (κ2) is 9.62. The third kappa shape index (κ3) is 4.85. The summed E-state index contributed by atoms with van der Waals surface area (Å²) in [6.45, 7) is 6.08. The smallest absolute Gasteiger partial charge is 0.147 e. The molecule has 0 fully saturated rings. The van der Waals surface area contributed by atoms with Crippen molar-refractivity contribution >= 4 is 26.4 Å². The van der Waals surface area contributed by atoms with Gasteiger partial charge in [-0.05, 0) is 66.8 Å². The number of nitrogens with one attached hydrogen (secondary N) is 1. The van der Waals surface area contributed by atoms with Gasteiger partial charge in [0.15, 0.2) is 0 Å². The zero-order valence-electron chi connectivity index (χ0n) is 20.9. The van der Waals surface area contributed by atoms with Crippen molar-refractivity contribution in [2.75, 3.05) is 23.9 Å². The van der Waals surface area contributed by atoms with Crippen molar-refractivity contribution in [1.29, 1.82) is 0 Å². The fourth-order valence-electron chi connectivity index (χ4n) is 5.19. The number of fused-ring (bicyclic) bond motifs is 2. The maximum Gasteiger partial charge on any atom is 0.147 e. The molecular formula is C29H31FN2O3S. The lowest BCUT2D eigenvalue weighted by Crippen LogP contribution is -2.08. The summed E-state index contributed by atoms with van der Waals surface area (Å²) in [7, 11) is -3.05. The van der Waals surface area contributed by atoms with Crippen LogP contribution in [0.1, 0.15) is 28.8 Å². The molecule has 5 rings (SSSR count). The van der Waals surface area contributed by atoms with E-state index in [2.05, 4.69) is 47.1 Å². The molecule has 188 valence electrons. The molecule has 0 amide bonds. The minimum absolute atomic E-state index is 0.122. The van der Waals surface area contributed by atoms with Crippen LogP contribution in [0.2, 0.25) is 0 Å². The molecule has 5 nitrogen and oxygen atoms in total. The molecule has 1 aliphatic rings. The van der Waals surface area contributed by atoms with Crippen LogP contribution in [-0.2, 0) is 29.3 Å². The number of sulfone groups is 1. The highest BCUT2D eigenvalue weighted by molar-refractivity contribution is 7.90. The Hall–Kier alpha value is -3.32. The molecule has 3 aromatic carbocycles. The van der Waals surface area contributed by atoms with E-state index in [0.29, 0.717) is 19.5 Å². The Balaban J connectivity index is 1.48. The third-order valence-corrected chi connectivity index (χ3v) is 8.11. The molecule has 1 aliphatic heterocycles. The van der Waals surface area contributed by atoms with Crippen LogP contribution in [0.3, 0.4) is 0 Å². The average molecular weight is 507 g/mol. The largest absolute Gasteiger partial charge is 0.493 e. The Morgan fingerprint density at radius 3 is 2.72 bits per heavy atom. The second-order valence-corrected chi connectivity index (χ2v) is 11.9. The van der Waals surface area contributed by atoms with Crippen LogP contribution in [-0.4, -0.2) is 31.6 Å². The molecule has 0 atom stereocenters. The quantitative estimate of drug-likeness (QED) is 0.316. The molecule has 1 N–H and O–H groups in total. The Kier molecular flexibility index (Phi) is 6.51. The van der Waals surface area contributed by atoms with Crippen molar-refractivity contribution in [1.82, 2.24) is 4.57 Å². The molecule has 36 heavy (non-hydrogen) atoms. The molecule has 1 aromatic heterocycles. The van der Waals surface area contributed by atoms with Crippen LogP contribution in [0.25, 0.3) is 22.0 Å². The molecule has 7 heteroatoms. The molecule has 0 spiro atoms. The number of hydrogen-bond acceptors (Lipinski definition) is 4. The number of hydrogen-bond donors (Lipinski definition) is 1. The second-order valence-electron chi connectivity index (χ2n) is 9.62. The van der Waals surface area contributed by atoms with E-state index in [1.54, 1.807) is 12.1 Å². The molecule has 0 radical (unpaired) electrons. The lowest BCUT2D eigenvalue weighted by atomic mass is 9.94. The maximum atomic E-state index is 14.4. The number of halogens is 1. The SMILES string of the molecule is Cc1c(CNc2ccc3c(c2)OCC3)cccc1-c1c(C)n(CCCS(C)(=O)=O)c2ccc(F)cc12. The first-order valence-electron chi connectivity index (χ1n) is 12.3. The van der Waals surface area contributed by atoms with Crippen molar-refractivity contribution in [3.63, 3.8) is 0 Å². The fourth-order valence-corrected chi connectivity index (χ4v) is 5.84. The van der Waals surface area contributed by atoms with Gasteiger partial charge in [-0.25, -0.2) is 12.8 Å². The molecule has 0 aliphatic carbocycles. The van der Waals surface area contributed by atoms with Gasteiger partial charge < -0.3 is 14.6 Å². The summed E-state index contributed by atoms with van der Waals surface area (Å²) in [5, 5.41) is 4.36. The topological polar surface area (TPSA) is 60.3 Å².